The maximum Gasteiger partial charge on any atom is 0.275 e. The minimum Gasteiger partial charge on any atom is -0.473 e. The van der Waals surface area contributed by atoms with Crippen LogP contribution in [0, 0.1) is 0 Å². The fourth-order valence-corrected chi connectivity index (χ4v) is 2.46. The summed E-state index contributed by atoms with van der Waals surface area (Å²) in [6, 6.07) is 0. The lowest BCUT2D eigenvalue weighted by molar-refractivity contribution is 0.112. The average molecular weight is 287 g/mol. The lowest BCUT2D eigenvalue weighted by Gasteiger charge is -1.95. The van der Waals surface area contributed by atoms with Gasteiger partial charge in [-0.2, -0.15) is 10.1 Å². The van der Waals surface area contributed by atoms with Crippen LogP contribution in [0.1, 0.15) is 9.67 Å². The van der Waals surface area contributed by atoms with E-state index in [4.69, 9.17) is 4.74 Å². The molecule has 0 aromatic carbocycles. The normalized spacial score (nSPS) is 11.4. The second-order valence-electron chi connectivity index (χ2n) is 3.38. The van der Waals surface area contributed by atoms with Gasteiger partial charge in [0.25, 0.3) is 5.19 Å². The molecule has 0 spiro atoms. The average Bonchev–Trinajstić information content (AvgIpc) is 2.94. The zero-order valence-corrected chi connectivity index (χ0v) is 11.2. The monoisotopic (exact) mass is 287 g/mol. The van der Waals surface area contributed by atoms with Gasteiger partial charge in [0.15, 0.2) is 21.9 Å². The van der Waals surface area contributed by atoms with E-state index in [1.54, 1.807) is 0 Å². The van der Waals surface area contributed by atoms with Crippen LogP contribution in [0.2, 0.25) is 0 Å². The SMILES string of the molecule is COc1nc(-n2cc(S(C)(=O)=O)cn2)c(C=O)s1. The molecule has 0 unspecified atom stereocenters. The first-order valence-corrected chi connectivity index (χ1v) is 7.41. The quantitative estimate of drug-likeness (QED) is 0.763. The van der Waals surface area contributed by atoms with E-state index in [1.165, 1.54) is 24.2 Å². The summed E-state index contributed by atoms with van der Waals surface area (Å²) < 4.78 is 28.8. The van der Waals surface area contributed by atoms with Gasteiger partial charge in [0.2, 0.25) is 0 Å². The van der Waals surface area contributed by atoms with Crippen LogP contribution in [0.3, 0.4) is 0 Å². The van der Waals surface area contributed by atoms with Crippen LogP contribution in [-0.2, 0) is 9.84 Å². The minimum absolute atomic E-state index is 0.0614. The van der Waals surface area contributed by atoms with E-state index < -0.39 is 9.84 Å². The summed E-state index contributed by atoms with van der Waals surface area (Å²) in [5, 5.41) is 4.19. The molecule has 0 saturated heterocycles. The molecular formula is C9H9N3O4S2. The van der Waals surface area contributed by atoms with Crippen LogP contribution >= 0.6 is 11.3 Å². The highest BCUT2D eigenvalue weighted by Crippen LogP contribution is 2.26. The molecule has 0 amide bonds. The summed E-state index contributed by atoms with van der Waals surface area (Å²) in [5.74, 6) is 0.252. The zero-order chi connectivity index (χ0) is 13.3. The number of carbonyl (C=O) groups excluding carboxylic acids is 1. The number of hydrogen-bond acceptors (Lipinski definition) is 7. The Balaban J connectivity index is 2.52. The fourth-order valence-electron chi connectivity index (χ4n) is 1.25. The number of hydrogen-bond donors (Lipinski definition) is 0. The van der Waals surface area contributed by atoms with Crippen molar-refractivity contribution < 1.29 is 17.9 Å². The number of rotatable bonds is 4. The first-order chi connectivity index (χ1) is 8.45. The number of carbonyl (C=O) groups is 1. The Labute approximate surface area is 107 Å². The van der Waals surface area contributed by atoms with Crippen molar-refractivity contribution >= 4 is 27.5 Å². The lowest BCUT2D eigenvalue weighted by atomic mass is 10.5. The van der Waals surface area contributed by atoms with Crippen LogP contribution in [0.5, 0.6) is 5.19 Å². The number of sulfone groups is 1. The van der Waals surface area contributed by atoms with Gasteiger partial charge in [0, 0.05) is 6.26 Å². The van der Waals surface area contributed by atoms with Gasteiger partial charge in [-0.25, -0.2) is 13.1 Å². The summed E-state index contributed by atoms with van der Waals surface area (Å²) >= 11 is 1.06. The topological polar surface area (TPSA) is 91.2 Å². The molecule has 0 aliphatic rings. The van der Waals surface area contributed by atoms with Crippen LogP contribution in [0.15, 0.2) is 17.3 Å². The molecule has 2 rings (SSSR count). The van der Waals surface area contributed by atoms with E-state index >= 15 is 0 Å². The van der Waals surface area contributed by atoms with E-state index in [2.05, 4.69) is 10.1 Å². The predicted octanol–water partition coefficient (Wildman–Crippen LogP) is 0.553. The Hall–Kier alpha value is -1.74. The highest BCUT2D eigenvalue weighted by atomic mass is 32.2. The molecule has 0 atom stereocenters. The third-order valence-electron chi connectivity index (χ3n) is 2.10. The summed E-state index contributed by atoms with van der Waals surface area (Å²) in [5.41, 5.74) is 0. The number of aldehydes is 1. The molecule has 0 aliphatic carbocycles. The second kappa shape index (κ2) is 4.50. The summed E-state index contributed by atoms with van der Waals surface area (Å²) in [6.07, 6.45) is 4.21. The lowest BCUT2D eigenvalue weighted by Crippen LogP contribution is -1.99. The van der Waals surface area contributed by atoms with Crippen LogP contribution in [0.4, 0.5) is 0 Å². The Morgan fingerprint density at radius 1 is 1.50 bits per heavy atom. The number of thiazole rings is 1. The Bertz CT molecular complexity index is 686. The van der Waals surface area contributed by atoms with Crippen molar-refractivity contribution in [3.63, 3.8) is 0 Å². The van der Waals surface area contributed by atoms with Crippen LogP contribution in [-0.4, -0.2) is 42.8 Å². The van der Waals surface area contributed by atoms with Crippen LogP contribution in [0.25, 0.3) is 5.82 Å². The van der Waals surface area contributed by atoms with E-state index in [0.717, 1.165) is 17.6 Å². The summed E-state index contributed by atoms with van der Waals surface area (Å²) in [4.78, 5) is 15.3. The van der Waals surface area contributed by atoms with Crippen molar-refractivity contribution in [3.05, 3.63) is 17.3 Å². The zero-order valence-electron chi connectivity index (χ0n) is 9.52. The first kappa shape index (κ1) is 12.7. The van der Waals surface area contributed by atoms with E-state index in [0.29, 0.717) is 16.4 Å². The van der Waals surface area contributed by atoms with Crippen molar-refractivity contribution in [1.82, 2.24) is 14.8 Å². The number of aromatic nitrogens is 3. The van der Waals surface area contributed by atoms with Crippen molar-refractivity contribution in [2.45, 2.75) is 4.90 Å². The third-order valence-corrected chi connectivity index (χ3v) is 4.10. The summed E-state index contributed by atoms with van der Waals surface area (Å²) in [6.45, 7) is 0. The fraction of sp³-hybridized carbons (Fsp3) is 0.222. The molecule has 18 heavy (non-hydrogen) atoms. The smallest absolute Gasteiger partial charge is 0.275 e. The van der Waals surface area contributed by atoms with Gasteiger partial charge in [0.1, 0.15) is 9.77 Å². The van der Waals surface area contributed by atoms with Crippen molar-refractivity contribution in [2.75, 3.05) is 13.4 Å². The molecule has 0 aliphatic heterocycles. The maximum absolute atomic E-state index is 11.3. The maximum atomic E-state index is 11.3. The molecule has 0 bridgehead atoms. The Morgan fingerprint density at radius 3 is 2.72 bits per heavy atom. The van der Waals surface area contributed by atoms with Crippen molar-refractivity contribution in [3.8, 4) is 11.0 Å². The van der Waals surface area contributed by atoms with E-state index in [1.807, 2.05) is 0 Å². The Morgan fingerprint density at radius 2 is 2.22 bits per heavy atom. The van der Waals surface area contributed by atoms with Crippen molar-refractivity contribution in [2.24, 2.45) is 0 Å². The van der Waals surface area contributed by atoms with Gasteiger partial charge < -0.3 is 4.74 Å². The molecule has 7 nitrogen and oxygen atoms in total. The van der Waals surface area contributed by atoms with Gasteiger partial charge >= 0.3 is 0 Å². The number of nitrogens with zero attached hydrogens (tertiary/aromatic N) is 3. The molecule has 2 aromatic heterocycles. The van der Waals surface area contributed by atoms with Gasteiger partial charge in [-0.1, -0.05) is 11.3 Å². The molecule has 0 fully saturated rings. The molecule has 0 radical (unpaired) electrons. The molecule has 2 heterocycles. The minimum atomic E-state index is -3.34. The number of methoxy groups -OCH3 is 1. The van der Waals surface area contributed by atoms with Gasteiger partial charge in [-0.15, -0.1) is 0 Å². The molecule has 2 aromatic rings. The van der Waals surface area contributed by atoms with E-state index in [-0.39, 0.29) is 10.7 Å². The third kappa shape index (κ3) is 2.27. The van der Waals surface area contributed by atoms with E-state index in [9.17, 15) is 13.2 Å². The Kier molecular flexibility index (Phi) is 3.18. The first-order valence-electron chi connectivity index (χ1n) is 4.71. The standard InChI is InChI=1S/C9H9N3O4S2/c1-16-9-11-8(7(5-13)17-9)12-4-6(3-10-12)18(2,14)15/h3-5H,1-2H3. The number of ether oxygens (including phenoxy) is 1. The molecule has 0 N–H and O–H groups in total. The van der Waals surface area contributed by atoms with Crippen LogP contribution < -0.4 is 4.74 Å². The largest absolute Gasteiger partial charge is 0.473 e. The molecule has 0 saturated carbocycles. The van der Waals surface area contributed by atoms with Gasteiger partial charge in [-0.05, 0) is 0 Å². The van der Waals surface area contributed by atoms with Gasteiger partial charge in [0.05, 0.1) is 19.5 Å². The molecular weight excluding hydrogens is 278 g/mol. The predicted molar refractivity (Wildman–Crippen MR) is 64.3 cm³/mol. The van der Waals surface area contributed by atoms with Crippen molar-refractivity contribution in [1.29, 1.82) is 0 Å². The molecule has 96 valence electrons. The van der Waals surface area contributed by atoms with Gasteiger partial charge in [-0.3, -0.25) is 4.79 Å². The second-order valence-corrected chi connectivity index (χ2v) is 6.39. The molecule has 9 heteroatoms. The summed E-state index contributed by atoms with van der Waals surface area (Å²) in [7, 11) is -1.90. The highest BCUT2D eigenvalue weighted by molar-refractivity contribution is 7.90. The highest BCUT2D eigenvalue weighted by Gasteiger charge is 2.16.